The van der Waals surface area contributed by atoms with E-state index in [1.54, 1.807) is 23.5 Å². The molecule has 0 spiro atoms. The number of nitro benzene ring substituents is 1. The first-order valence-electron chi connectivity index (χ1n) is 11.1. The number of hydrogen-bond donors (Lipinski definition) is 0. The van der Waals surface area contributed by atoms with E-state index in [2.05, 4.69) is 4.57 Å². The van der Waals surface area contributed by atoms with Crippen molar-refractivity contribution in [1.82, 2.24) is 4.57 Å². The van der Waals surface area contributed by atoms with Crippen molar-refractivity contribution in [3.8, 4) is 22.8 Å². The lowest BCUT2D eigenvalue weighted by Crippen LogP contribution is -2.24. The fourth-order valence-corrected chi connectivity index (χ4v) is 4.83. The van der Waals surface area contributed by atoms with Gasteiger partial charge in [0.1, 0.15) is 11.5 Å². The van der Waals surface area contributed by atoms with Crippen LogP contribution in [0.25, 0.3) is 11.3 Å². The van der Waals surface area contributed by atoms with Crippen LogP contribution in [0.2, 0.25) is 0 Å². The van der Waals surface area contributed by atoms with Crippen LogP contribution in [0.3, 0.4) is 0 Å². The number of benzene rings is 3. The number of aromatic nitrogens is 1. The van der Waals surface area contributed by atoms with E-state index in [1.807, 2.05) is 60.0 Å². The van der Waals surface area contributed by atoms with Gasteiger partial charge in [-0.05, 0) is 66.9 Å². The first kappa shape index (κ1) is 22.1. The van der Waals surface area contributed by atoms with Crippen LogP contribution in [0.15, 0.2) is 89.2 Å². The Bertz CT molecular complexity index is 1320. The number of nitro groups is 1. The van der Waals surface area contributed by atoms with Crippen LogP contribution in [0.5, 0.6) is 11.5 Å². The third-order valence-corrected chi connectivity index (χ3v) is 6.49. The molecule has 0 saturated carbocycles. The molecule has 1 aromatic heterocycles. The summed E-state index contributed by atoms with van der Waals surface area (Å²) in [6, 6.07) is 24.0. The Morgan fingerprint density at radius 1 is 1.03 bits per heavy atom. The lowest BCUT2D eigenvalue weighted by molar-refractivity contribution is -0.384. The Labute approximate surface area is 200 Å². The van der Waals surface area contributed by atoms with Crippen molar-refractivity contribution in [3.05, 3.63) is 99.2 Å². The largest absolute Gasteiger partial charge is 0.457 e. The van der Waals surface area contributed by atoms with Crippen LogP contribution >= 0.6 is 11.3 Å². The van der Waals surface area contributed by atoms with Crippen molar-refractivity contribution in [2.45, 2.75) is 25.5 Å². The summed E-state index contributed by atoms with van der Waals surface area (Å²) in [5.74, 6) is 1.53. The second-order valence-corrected chi connectivity index (χ2v) is 8.81. The zero-order chi connectivity index (χ0) is 23.3. The molecule has 7 nitrogen and oxygen atoms in total. The molecular formula is C26H23N3O4S. The fourth-order valence-electron chi connectivity index (χ4n) is 3.90. The Hall–Kier alpha value is -3.75. The minimum Gasteiger partial charge on any atom is -0.457 e. The highest BCUT2D eigenvalue weighted by Gasteiger charge is 2.19. The molecule has 1 atom stereocenters. The van der Waals surface area contributed by atoms with Gasteiger partial charge in [-0.2, -0.15) is 0 Å². The first-order valence-corrected chi connectivity index (χ1v) is 12.0. The van der Waals surface area contributed by atoms with E-state index < -0.39 is 0 Å². The molecule has 0 aliphatic carbocycles. The third-order valence-electron chi connectivity index (χ3n) is 5.62. The topological polar surface area (TPSA) is 78.9 Å². The van der Waals surface area contributed by atoms with Gasteiger partial charge in [0, 0.05) is 24.1 Å². The van der Waals surface area contributed by atoms with Gasteiger partial charge in [0.25, 0.3) is 5.69 Å². The molecule has 1 saturated heterocycles. The van der Waals surface area contributed by atoms with Gasteiger partial charge in [0.15, 0.2) is 4.80 Å². The van der Waals surface area contributed by atoms with Gasteiger partial charge in [-0.15, -0.1) is 11.3 Å². The molecule has 172 valence electrons. The van der Waals surface area contributed by atoms with Gasteiger partial charge in [-0.1, -0.05) is 18.2 Å². The summed E-state index contributed by atoms with van der Waals surface area (Å²) < 4.78 is 13.9. The molecule has 0 N–H and O–H groups in total. The smallest absolute Gasteiger partial charge is 0.269 e. The number of non-ortho nitro benzene ring substituents is 1. The maximum atomic E-state index is 11.0. The number of hydrogen-bond acceptors (Lipinski definition) is 6. The molecule has 0 amide bonds. The average Bonchev–Trinajstić information content (AvgIpc) is 3.52. The molecule has 5 rings (SSSR count). The highest BCUT2D eigenvalue weighted by molar-refractivity contribution is 7.07. The van der Waals surface area contributed by atoms with E-state index in [1.165, 1.54) is 12.1 Å². The summed E-state index contributed by atoms with van der Waals surface area (Å²) in [6.45, 7) is 1.46. The molecule has 3 aromatic carbocycles. The first-order chi connectivity index (χ1) is 16.7. The van der Waals surface area contributed by atoms with E-state index in [-0.39, 0.29) is 16.7 Å². The normalized spacial score (nSPS) is 16.0. The number of nitrogens with zero attached hydrogens (tertiary/aromatic N) is 3. The lowest BCUT2D eigenvalue weighted by atomic mass is 10.1. The van der Waals surface area contributed by atoms with E-state index in [9.17, 15) is 10.1 Å². The molecule has 0 radical (unpaired) electrons. The van der Waals surface area contributed by atoms with Crippen molar-refractivity contribution in [3.63, 3.8) is 0 Å². The third kappa shape index (κ3) is 5.08. The van der Waals surface area contributed by atoms with Crippen LogP contribution < -0.4 is 9.54 Å². The second-order valence-electron chi connectivity index (χ2n) is 7.97. The van der Waals surface area contributed by atoms with Crippen LogP contribution in [-0.4, -0.2) is 22.2 Å². The predicted molar refractivity (Wildman–Crippen MR) is 132 cm³/mol. The Kier molecular flexibility index (Phi) is 6.51. The minimum atomic E-state index is -0.385. The Morgan fingerprint density at radius 2 is 1.76 bits per heavy atom. The number of rotatable bonds is 7. The molecule has 1 fully saturated rings. The van der Waals surface area contributed by atoms with Gasteiger partial charge in [-0.25, -0.2) is 4.99 Å². The monoisotopic (exact) mass is 473 g/mol. The number of para-hydroxylation sites is 1. The summed E-state index contributed by atoms with van der Waals surface area (Å²) in [5, 5.41) is 13.1. The summed E-state index contributed by atoms with van der Waals surface area (Å²) in [7, 11) is 0. The summed E-state index contributed by atoms with van der Waals surface area (Å²) in [4.78, 5) is 16.4. The van der Waals surface area contributed by atoms with E-state index >= 15 is 0 Å². The van der Waals surface area contributed by atoms with E-state index in [0.717, 1.165) is 52.7 Å². The average molecular weight is 474 g/mol. The van der Waals surface area contributed by atoms with Crippen LogP contribution in [0.1, 0.15) is 12.8 Å². The zero-order valence-electron chi connectivity index (χ0n) is 18.4. The molecule has 4 aromatic rings. The van der Waals surface area contributed by atoms with Crippen molar-refractivity contribution in [2.75, 3.05) is 6.61 Å². The fraction of sp³-hybridized carbons (Fsp3) is 0.192. The Morgan fingerprint density at radius 3 is 2.44 bits per heavy atom. The second kappa shape index (κ2) is 10.0. The highest BCUT2D eigenvalue weighted by Crippen LogP contribution is 2.27. The Balaban J connectivity index is 1.46. The van der Waals surface area contributed by atoms with Crippen molar-refractivity contribution >= 4 is 22.7 Å². The van der Waals surface area contributed by atoms with Crippen LogP contribution in [0, 0.1) is 10.1 Å². The molecule has 8 heteroatoms. The SMILES string of the molecule is O=[N+]([O-])c1ccc(-c2csc(=Nc3ccc(Oc4ccccc4)cc3)n2CC2CCCO2)cc1. The lowest BCUT2D eigenvalue weighted by Gasteiger charge is -2.14. The van der Waals surface area contributed by atoms with E-state index in [0.29, 0.717) is 6.54 Å². The highest BCUT2D eigenvalue weighted by atomic mass is 32.1. The molecule has 0 bridgehead atoms. The van der Waals surface area contributed by atoms with Crippen LogP contribution in [0.4, 0.5) is 11.4 Å². The standard InChI is InChI=1S/C26H23N3O4S/c30-29(31)21-12-8-19(9-13-21)25-18-34-26(28(25)17-24-7-4-16-32-24)27-20-10-14-23(15-11-20)33-22-5-2-1-3-6-22/h1-3,5-6,8-15,18,24H,4,7,16-17H2. The van der Waals surface area contributed by atoms with Crippen LogP contribution in [-0.2, 0) is 11.3 Å². The quantitative estimate of drug-likeness (QED) is 0.232. The van der Waals surface area contributed by atoms with Crippen molar-refractivity contribution in [1.29, 1.82) is 0 Å². The van der Waals surface area contributed by atoms with E-state index in [4.69, 9.17) is 14.5 Å². The molecule has 1 aliphatic heterocycles. The van der Waals surface area contributed by atoms with Gasteiger partial charge in [0.05, 0.1) is 29.0 Å². The molecule has 2 heterocycles. The molecule has 1 unspecified atom stereocenters. The number of thiazole rings is 1. The minimum absolute atomic E-state index is 0.0763. The summed E-state index contributed by atoms with van der Waals surface area (Å²) >= 11 is 1.54. The summed E-state index contributed by atoms with van der Waals surface area (Å²) in [6.07, 6.45) is 2.19. The maximum absolute atomic E-state index is 11.0. The predicted octanol–water partition coefficient (Wildman–Crippen LogP) is 6.33. The summed E-state index contributed by atoms with van der Waals surface area (Å²) in [5.41, 5.74) is 2.78. The number of ether oxygens (including phenoxy) is 2. The van der Waals surface area contributed by atoms with Crippen molar-refractivity contribution in [2.24, 2.45) is 4.99 Å². The van der Waals surface area contributed by atoms with Gasteiger partial charge >= 0.3 is 0 Å². The van der Waals surface area contributed by atoms with Crippen molar-refractivity contribution < 1.29 is 14.4 Å². The van der Waals surface area contributed by atoms with Gasteiger partial charge < -0.3 is 14.0 Å². The van der Waals surface area contributed by atoms with Gasteiger partial charge in [-0.3, -0.25) is 10.1 Å². The molecular weight excluding hydrogens is 450 g/mol. The van der Waals surface area contributed by atoms with Gasteiger partial charge in [0.2, 0.25) is 0 Å². The zero-order valence-corrected chi connectivity index (χ0v) is 19.2. The molecule has 34 heavy (non-hydrogen) atoms. The molecule has 1 aliphatic rings. The maximum Gasteiger partial charge on any atom is 0.269 e.